The molecule has 0 rings (SSSR count). The van der Waals surface area contributed by atoms with Crippen molar-refractivity contribution in [2.24, 2.45) is 11.8 Å². The maximum absolute atomic E-state index is 12.8. The van der Waals surface area contributed by atoms with E-state index in [1.54, 1.807) is 0 Å². The monoisotopic (exact) mass is 905 g/mol. The van der Waals surface area contributed by atoms with E-state index in [-0.39, 0.29) is 31.1 Å². The second kappa shape index (κ2) is 50.8. The van der Waals surface area contributed by atoms with Crippen molar-refractivity contribution in [1.82, 2.24) is 0 Å². The number of carbonyl (C=O) groups excluding carboxylic acids is 3. The molecule has 0 aromatic rings. The van der Waals surface area contributed by atoms with Crippen LogP contribution in [0.5, 0.6) is 0 Å². The Morgan fingerprint density at radius 1 is 0.312 bits per heavy atom. The Bertz CT molecular complexity index is 982. The molecule has 0 aromatic carbocycles. The summed E-state index contributed by atoms with van der Waals surface area (Å²) >= 11 is 0. The van der Waals surface area contributed by atoms with Gasteiger partial charge in [-0.3, -0.25) is 14.4 Å². The zero-order chi connectivity index (χ0) is 46.8. The molecule has 0 heterocycles. The standard InChI is InChI=1S/C58H112O6/c1-6-9-10-11-12-13-14-15-23-26-29-32-38-43-48-56(59)62-51-55(52-63-57(60)49-44-39-35-34-37-42-47-54(5)8-3)64-58(61)50-45-40-33-30-27-24-21-19-17-16-18-20-22-25-28-31-36-41-46-53(4)7-2/h53-55H,6-52H2,1-5H3/t53?,54?,55-/m1/s1. The van der Waals surface area contributed by atoms with Gasteiger partial charge in [-0.05, 0) is 31.1 Å². The third kappa shape index (κ3) is 48.3. The first-order valence-electron chi connectivity index (χ1n) is 28.8. The summed E-state index contributed by atoms with van der Waals surface area (Å²) in [6.45, 7) is 11.4. The summed E-state index contributed by atoms with van der Waals surface area (Å²) in [5, 5.41) is 0. The van der Waals surface area contributed by atoms with Crippen molar-refractivity contribution in [2.75, 3.05) is 13.2 Å². The fourth-order valence-corrected chi connectivity index (χ4v) is 8.81. The van der Waals surface area contributed by atoms with Crippen molar-refractivity contribution in [2.45, 2.75) is 330 Å². The van der Waals surface area contributed by atoms with Gasteiger partial charge in [-0.25, -0.2) is 0 Å². The summed E-state index contributed by atoms with van der Waals surface area (Å²) in [7, 11) is 0. The van der Waals surface area contributed by atoms with Crippen LogP contribution < -0.4 is 0 Å². The first-order valence-corrected chi connectivity index (χ1v) is 28.8. The number of ether oxygens (including phenoxy) is 3. The van der Waals surface area contributed by atoms with E-state index >= 15 is 0 Å². The number of hydrogen-bond acceptors (Lipinski definition) is 6. The van der Waals surface area contributed by atoms with Crippen molar-refractivity contribution < 1.29 is 28.6 Å². The van der Waals surface area contributed by atoms with E-state index in [1.165, 1.54) is 212 Å². The predicted molar refractivity (Wildman–Crippen MR) is 275 cm³/mol. The quantitative estimate of drug-likeness (QED) is 0.0344. The van der Waals surface area contributed by atoms with E-state index in [1.807, 2.05) is 0 Å². The van der Waals surface area contributed by atoms with Crippen molar-refractivity contribution in [1.29, 1.82) is 0 Å². The number of carbonyl (C=O) groups is 3. The molecule has 6 nitrogen and oxygen atoms in total. The Morgan fingerprint density at radius 2 is 0.547 bits per heavy atom. The van der Waals surface area contributed by atoms with Gasteiger partial charge in [0, 0.05) is 19.3 Å². The Kier molecular flexibility index (Phi) is 49.6. The van der Waals surface area contributed by atoms with E-state index < -0.39 is 6.10 Å². The first-order chi connectivity index (χ1) is 31.3. The molecule has 64 heavy (non-hydrogen) atoms. The SMILES string of the molecule is CCCCCCCCCCCCCCCCC(=O)OC[C@H](COC(=O)CCCCCCCCC(C)CC)OC(=O)CCCCCCCCCCCCCCCCCCCCC(C)CC. The second-order valence-corrected chi connectivity index (χ2v) is 20.4. The van der Waals surface area contributed by atoms with Gasteiger partial charge in [0.15, 0.2) is 6.10 Å². The molecule has 0 fully saturated rings. The van der Waals surface area contributed by atoms with Gasteiger partial charge in [-0.2, -0.15) is 0 Å². The minimum Gasteiger partial charge on any atom is -0.462 e. The molecule has 0 saturated heterocycles. The van der Waals surface area contributed by atoms with Crippen molar-refractivity contribution in [3.05, 3.63) is 0 Å². The molecular formula is C58H112O6. The maximum atomic E-state index is 12.8. The van der Waals surface area contributed by atoms with Crippen LogP contribution in [0, 0.1) is 11.8 Å². The summed E-state index contributed by atoms with van der Waals surface area (Å²) < 4.78 is 16.9. The highest BCUT2D eigenvalue weighted by Crippen LogP contribution is 2.19. The second-order valence-electron chi connectivity index (χ2n) is 20.4. The molecular weight excluding hydrogens is 793 g/mol. The Hall–Kier alpha value is -1.59. The van der Waals surface area contributed by atoms with Crippen LogP contribution in [0.15, 0.2) is 0 Å². The van der Waals surface area contributed by atoms with E-state index in [9.17, 15) is 14.4 Å². The fourth-order valence-electron chi connectivity index (χ4n) is 8.81. The zero-order valence-electron chi connectivity index (χ0n) is 43.9. The lowest BCUT2D eigenvalue weighted by molar-refractivity contribution is -0.167. The lowest BCUT2D eigenvalue weighted by atomic mass is 9.99. The van der Waals surface area contributed by atoms with Crippen LogP contribution in [-0.2, 0) is 28.6 Å². The molecule has 0 aromatic heterocycles. The molecule has 0 aliphatic carbocycles. The molecule has 0 saturated carbocycles. The molecule has 0 bridgehead atoms. The molecule has 6 heteroatoms. The molecule has 0 aliphatic heterocycles. The predicted octanol–water partition coefficient (Wildman–Crippen LogP) is 18.9. The van der Waals surface area contributed by atoms with Gasteiger partial charge in [0.25, 0.3) is 0 Å². The van der Waals surface area contributed by atoms with Gasteiger partial charge in [0.05, 0.1) is 0 Å². The molecule has 0 N–H and O–H groups in total. The molecule has 2 unspecified atom stereocenters. The van der Waals surface area contributed by atoms with Crippen LogP contribution >= 0.6 is 0 Å². The number of esters is 3. The Labute approximate surface area is 399 Å². The molecule has 3 atom stereocenters. The van der Waals surface area contributed by atoms with Crippen molar-refractivity contribution >= 4 is 17.9 Å². The zero-order valence-corrected chi connectivity index (χ0v) is 43.9. The average Bonchev–Trinajstić information content (AvgIpc) is 3.29. The molecule has 0 radical (unpaired) electrons. The minimum absolute atomic E-state index is 0.0636. The highest BCUT2D eigenvalue weighted by Gasteiger charge is 2.19. The van der Waals surface area contributed by atoms with Gasteiger partial charge < -0.3 is 14.2 Å². The van der Waals surface area contributed by atoms with E-state index in [2.05, 4.69) is 34.6 Å². The summed E-state index contributed by atoms with van der Waals surface area (Å²) in [5.41, 5.74) is 0. The van der Waals surface area contributed by atoms with Gasteiger partial charge >= 0.3 is 17.9 Å². The van der Waals surface area contributed by atoms with Gasteiger partial charge in [-0.1, -0.05) is 285 Å². The van der Waals surface area contributed by atoms with Crippen LogP contribution in [0.25, 0.3) is 0 Å². The third-order valence-corrected chi connectivity index (χ3v) is 13.9. The Balaban J connectivity index is 4.22. The number of hydrogen-bond donors (Lipinski definition) is 0. The normalized spacial score (nSPS) is 12.9. The van der Waals surface area contributed by atoms with Crippen LogP contribution in [0.1, 0.15) is 324 Å². The summed E-state index contributed by atoms with van der Waals surface area (Å²) in [5.74, 6) is 0.879. The van der Waals surface area contributed by atoms with Crippen LogP contribution in [0.3, 0.4) is 0 Å². The fraction of sp³-hybridized carbons (Fsp3) is 0.948. The highest BCUT2D eigenvalue weighted by molar-refractivity contribution is 5.71. The van der Waals surface area contributed by atoms with Gasteiger partial charge in [0.1, 0.15) is 13.2 Å². The summed E-state index contributed by atoms with van der Waals surface area (Å²) in [4.78, 5) is 38.0. The molecule has 0 aliphatic rings. The molecule has 0 spiro atoms. The van der Waals surface area contributed by atoms with E-state index in [0.29, 0.717) is 19.3 Å². The highest BCUT2D eigenvalue weighted by atomic mass is 16.6. The third-order valence-electron chi connectivity index (χ3n) is 13.9. The average molecular weight is 906 g/mol. The van der Waals surface area contributed by atoms with Crippen LogP contribution in [-0.4, -0.2) is 37.2 Å². The van der Waals surface area contributed by atoms with Gasteiger partial charge in [0.2, 0.25) is 0 Å². The minimum atomic E-state index is -0.763. The maximum Gasteiger partial charge on any atom is 0.306 e. The van der Waals surface area contributed by atoms with E-state index in [0.717, 1.165) is 69.6 Å². The smallest absolute Gasteiger partial charge is 0.306 e. The van der Waals surface area contributed by atoms with Crippen molar-refractivity contribution in [3.8, 4) is 0 Å². The van der Waals surface area contributed by atoms with Gasteiger partial charge in [-0.15, -0.1) is 0 Å². The van der Waals surface area contributed by atoms with Crippen LogP contribution in [0.4, 0.5) is 0 Å². The largest absolute Gasteiger partial charge is 0.462 e. The Morgan fingerprint density at radius 3 is 0.812 bits per heavy atom. The number of unbranched alkanes of at least 4 members (excludes halogenated alkanes) is 35. The lowest BCUT2D eigenvalue weighted by Gasteiger charge is -2.18. The molecule has 380 valence electrons. The van der Waals surface area contributed by atoms with Crippen LogP contribution in [0.2, 0.25) is 0 Å². The number of rotatable bonds is 52. The topological polar surface area (TPSA) is 78.9 Å². The van der Waals surface area contributed by atoms with E-state index in [4.69, 9.17) is 14.2 Å². The lowest BCUT2D eigenvalue weighted by Crippen LogP contribution is -2.30. The van der Waals surface area contributed by atoms with Crippen molar-refractivity contribution in [3.63, 3.8) is 0 Å². The summed E-state index contributed by atoms with van der Waals surface area (Å²) in [6, 6.07) is 0. The molecule has 0 amide bonds. The summed E-state index contributed by atoms with van der Waals surface area (Å²) in [6.07, 6.45) is 53.8. The first kappa shape index (κ1) is 62.4.